The van der Waals surface area contributed by atoms with Gasteiger partial charge in [-0.25, -0.2) is 9.78 Å². The number of carbonyl (C=O) groups excluding carboxylic acids is 1. The van der Waals surface area contributed by atoms with Crippen LogP contribution in [-0.2, 0) is 9.53 Å². The van der Waals surface area contributed by atoms with Crippen molar-refractivity contribution in [1.29, 1.82) is 0 Å². The maximum absolute atomic E-state index is 11.0. The monoisotopic (exact) mass is 289 g/mol. The third kappa shape index (κ3) is 3.88. The van der Waals surface area contributed by atoms with Crippen LogP contribution in [-0.4, -0.2) is 45.5 Å². The van der Waals surface area contributed by atoms with Crippen LogP contribution in [0.25, 0.3) is 0 Å². The van der Waals surface area contributed by atoms with Crippen molar-refractivity contribution >= 4 is 23.5 Å². The molecule has 0 radical (unpaired) electrons. The number of hydrogen-bond donors (Lipinski definition) is 3. The number of hydrogen-bond acceptors (Lipinski definition) is 6. The van der Waals surface area contributed by atoms with E-state index in [-0.39, 0.29) is 16.3 Å². The van der Waals surface area contributed by atoms with E-state index in [1.807, 2.05) is 0 Å². The molecular formula is C11H12ClNO6. The second kappa shape index (κ2) is 6.46. The van der Waals surface area contributed by atoms with Crippen LogP contribution in [0.5, 0.6) is 0 Å². The predicted octanol–water partition coefficient (Wildman–Crippen LogP) is 0.391. The molecule has 0 spiro atoms. The molecule has 19 heavy (non-hydrogen) atoms. The Kier molecular flexibility index (Phi) is 5.22. The Morgan fingerprint density at radius 2 is 2.11 bits per heavy atom. The molecule has 0 aliphatic rings. The van der Waals surface area contributed by atoms with Gasteiger partial charge in [-0.2, -0.15) is 0 Å². The number of carboxylic acids is 1. The molecule has 1 aromatic rings. The number of carbonyl (C=O) groups is 2. The first kappa shape index (κ1) is 15.4. The van der Waals surface area contributed by atoms with Crippen molar-refractivity contribution in [3.63, 3.8) is 0 Å². The summed E-state index contributed by atoms with van der Waals surface area (Å²) in [6, 6.07) is 1.09. The van der Waals surface area contributed by atoms with Crippen LogP contribution in [0.1, 0.15) is 28.4 Å². The molecule has 1 rings (SSSR count). The average molecular weight is 290 g/mol. The van der Waals surface area contributed by atoms with Crippen molar-refractivity contribution in [3.8, 4) is 0 Å². The number of halogens is 1. The zero-order valence-electron chi connectivity index (χ0n) is 9.91. The summed E-state index contributed by atoms with van der Waals surface area (Å²) in [6.45, 7) is 0. The van der Waals surface area contributed by atoms with E-state index in [2.05, 4.69) is 9.72 Å². The van der Waals surface area contributed by atoms with Gasteiger partial charge in [-0.05, 0) is 6.07 Å². The first-order valence-electron chi connectivity index (χ1n) is 5.18. The van der Waals surface area contributed by atoms with E-state index in [1.165, 1.54) is 0 Å². The SMILES string of the molecule is COC(=O)CC(O)C(O)c1cc(C(=O)O)cnc1Cl. The standard InChI is InChI=1S/C11H12ClNO6/c1-19-8(15)3-7(14)9(16)6-2-5(11(17)18)4-13-10(6)12/h2,4,7,9,14,16H,3H2,1H3,(H,17,18). The molecule has 0 saturated carbocycles. The maximum atomic E-state index is 11.0. The summed E-state index contributed by atoms with van der Waals surface area (Å²) < 4.78 is 4.35. The number of pyridine rings is 1. The fourth-order valence-corrected chi connectivity index (χ4v) is 1.58. The van der Waals surface area contributed by atoms with E-state index in [1.54, 1.807) is 0 Å². The summed E-state index contributed by atoms with van der Waals surface area (Å²) in [5, 5.41) is 28.1. The molecule has 0 amide bonds. The van der Waals surface area contributed by atoms with Crippen LogP contribution in [0.2, 0.25) is 5.15 Å². The van der Waals surface area contributed by atoms with E-state index in [0.29, 0.717) is 0 Å². The van der Waals surface area contributed by atoms with Crippen LogP contribution in [0.3, 0.4) is 0 Å². The topological polar surface area (TPSA) is 117 Å². The number of carboxylic acid groups (broad SMARTS) is 1. The van der Waals surface area contributed by atoms with Crippen LogP contribution in [0.15, 0.2) is 12.3 Å². The van der Waals surface area contributed by atoms with Gasteiger partial charge in [0.2, 0.25) is 0 Å². The predicted molar refractivity (Wildman–Crippen MR) is 63.8 cm³/mol. The summed E-state index contributed by atoms with van der Waals surface area (Å²) >= 11 is 5.72. The Bertz CT molecular complexity index is 492. The van der Waals surface area contributed by atoms with Crippen molar-refractivity contribution in [2.45, 2.75) is 18.6 Å². The Morgan fingerprint density at radius 1 is 1.47 bits per heavy atom. The second-order valence-electron chi connectivity index (χ2n) is 3.70. The molecule has 1 aromatic heterocycles. The molecule has 2 unspecified atom stereocenters. The molecule has 3 N–H and O–H groups in total. The van der Waals surface area contributed by atoms with Crippen LogP contribution >= 0.6 is 11.6 Å². The zero-order valence-corrected chi connectivity index (χ0v) is 10.7. The molecule has 0 aliphatic carbocycles. The van der Waals surface area contributed by atoms with Gasteiger partial charge in [-0.15, -0.1) is 0 Å². The lowest BCUT2D eigenvalue weighted by molar-refractivity contribution is -0.144. The third-order valence-corrected chi connectivity index (χ3v) is 2.72. The lowest BCUT2D eigenvalue weighted by Gasteiger charge is -2.18. The van der Waals surface area contributed by atoms with Gasteiger partial charge in [0.05, 0.1) is 25.2 Å². The molecule has 0 bridgehead atoms. The van der Waals surface area contributed by atoms with E-state index in [9.17, 15) is 19.8 Å². The molecule has 1 heterocycles. The molecular weight excluding hydrogens is 278 g/mol. The summed E-state index contributed by atoms with van der Waals surface area (Å²) in [4.78, 5) is 25.4. The minimum absolute atomic E-state index is 0.0713. The van der Waals surface area contributed by atoms with E-state index < -0.39 is 30.6 Å². The van der Waals surface area contributed by atoms with Gasteiger partial charge in [-0.1, -0.05) is 11.6 Å². The molecule has 2 atom stereocenters. The van der Waals surface area contributed by atoms with Gasteiger partial charge in [0, 0.05) is 11.8 Å². The highest BCUT2D eigenvalue weighted by Crippen LogP contribution is 2.26. The number of methoxy groups -OCH3 is 1. The summed E-state index contributed by atoms with van der Waals surface area (Å²) in [7, 11) is 1.14. The third-order valence-electron chi connectivity index (χ3n) is 2.40. The van der Waals surface area contributed by atoms with Crippen molar-refractivity contribution in [2.24, 2.45) is 0 Å². The molecule has 0 aromatic carbocycles. The number of ether oxygens (including phenoxy) is 1. The lowest BCUT2D eigenvalue weighted by Crippen LogP contribution is -2.23. The maximum Gasteiger partial charge on any atom is 0.337 e. The normalized spacial score (nSPS) is 13.7. The van der Waals surface area contributed by atoms with E-state index in [0.717, 1.165) is 19.4 Å². The number of rotatable bonds is 5. The van der Waals surface area contributed by atoms with Gasteiger partial charge in [-0.3, -0.25) is 4.79 Å². The van der Waals surface area contributed by atoms with Gasteiger partial charge in [0.25, 0.3) is 0 Å². The highest BCUT2D eigenvalue weighted by atomic mass is 35.5. The quantitative estimate of drug-likeness (QED) is 0.530. The van der Waals surface area contributed by atoms with Gasteiger partial charge >= 0.3 is 11.9 Å². The average Bonchev–Trinajstić information content (AvgIpc) is 2.37. The summed E-state index contributed by atoms with van der Waals surface area (Å²) in [5.41, 5.74) is -0.262. The van der Waals surface area contributed by atoms with Crippen molar-refractivity contribution in [1.82, 2.24) is 4.98 Å². The molecule has 0 fully saturated rings. The Balaban J connectivity index is 2.97. The lowest BCUT2D eigenvalue weighted by atomic mass is 10.0. The number of esters is 1. The number of aromatic carboxylic acids is 1. The molecule has 0 aliphatic heterocycles. The second-order valence-corrected chi connectivity index (χ2v) is 4.06. The minimum atomic E-state index is -1.54. The number of aliphatic hydroxyl groups excluding tert-OH is 2. The van der Waals surface area contributed by atoms with E-state index >= 15 is 0 Å². The number of nitrogens with zero attached hydrogens (tertiary/aromatic N) is 1. The van der Waals surface area contributed by atoms with Crippen molar-refractivity contribution < 1.29 is 29.6 Å². The molecule has 7 nitrogen and oxygen atoms in total. The molecule has 0 saturated heterocycles. The Labute approximate surface area is 113 Å². The van der Waals surface area contributed by atoms with E-state index in [4.69, 9.17) is 16.7 Å². The van der Waals surface area contributed by atoms with Crippen LogP contribution < -0.4 is 0 Å². The number of aliphatic hydroxyl groups is 2. The highest BCUT2D eigenvalue weighted by Gasteiger charge is 2.25. The van der Waals surface area contributed by atoms with Crippen molar-refractivity contribution in [3.05, 3.63) is 28.5 Å². The number of aromatic nitrogens is 1. The summed E-state index contributed by atoms with van der Waals surface area (Å²) in [5.74, 6) is -1.97. The fraction of sp³-hybridized carbons (Fsp3) is 0.364. The Hall–Kier alpha value is -1.70. The fourth-order valence-electron chi connectivity index (χ4n) is 1.36. The van der Waals surface area contributed by atoms with Crippen molar-refractivity contribution in [2.75, 3.05) is 7.11 Å². The Morgan fingerprint density at radius 3 is 2.63 bits per heavy atom. The van der Waals surface area contributed by atoms with Crippen LogP contribution in [0, 0.1) is 0 Å². The zero-order chi connectivity index (χ0) is 14.6. The summed E-state index contributed by atoms with van der Waals surface area (Å²) in [6.07, 6.45) is -2.45. The highest BCUT2D eigenvalue weighted by molar-refractivity contribution is 6.30. The smallest absolute Gasteiger partial charge is 0.337 e. The van der Waals surface area contributed by atoms with Crippen LogP contribution in [0.4, 0.5) is 0 Å². The minimum Gasteiger partial charge on any atom is -0.478 e. The first-order chi connectivity index (χ1) is 8.86. The van der Waals surface area contributed by atoms with Gasteiger partial charge < -0.3 is 20.1 Å². The largest absolute Gasteiger partial charge is 0.478 e. The van der Waals surface area contributed by atoms with Gasteiger partial charge in [0.15, 0.2) is 0 Å². The van der Waals surface area contributed by atoms with Gasteiger partial charge in [0.1, 0.15) is 11.3 Å². The molecule has 104 valence electrons. The first-order valence-corrected chi connectivity index (χ1v) is 5.56. The molecule has 8 heteroatoms.